The Morgan fingerprint density at radius 2 is 1.96 bits per heavy atom. The van der Waals surface area contributed by atoms with E-state index in [-0.39, 0.29) is 18.4 Å². The van der Waals surface area contributed by atoms with Crippen LogP contribution in [0.2, 0.25) is 0 Å². The number of H-pyrrole nitrogens is 1. The molecule has 1 saturated heterocycles. The number of morpholine rings is 1. The van der Waals surface area contributed by atoms with Crippen LogP contribution in [-0.2, 0) is 16.0 Å². The molecule has 0 spiro atoms. The molecule has 8 nitrogen and oxygen atoms in total. The van der Waals surface area contributed by atoms with Gasteiger partial charge in [0.25, 0.3) is 11.8 Å². The van der Waals surface area contributed by atoms with E-state index in [1.165, 1.54) is 0 Å². The summed E-state index contributed by atoms with van der Waals surface area (Å²) in [6.45, 7) is 6.53. The van der Waals surface area contributed by atoms with E-state index in [1.807, 2.05) is 0 Å². The van der Waals surface area contributed by atoms with E-state index in [4.69, 9.17) is 9.47 Å². The second kappa shape index (κ2) is 9.36. The van der Waals surface area contributed by atoms with Gasteiger partial charge in [-0.05, 0) is 42.7 Å². The molecule has 28 heavy (non-hydrogen) atoms. The number of aromatic amines is 1. The smallest absolute Gasteiger partial charge is 0.276 e. The molecule has 2 amide bonds. The van der Waals surface area contributed by atoms with Crippen molar-refractivity contribution in [3.05, 3.63) is 41.7 Å². The number of carbonyl (C=O) groups excluding carboxylic acids is 2. The molecule has 2 aromatic rings. The average molecular weight is 386 g/mol. The Balaban J connectivity index is 1.49. The summed E-state index contributed by atoms with van der Waals surface area (Å²) in [7, 11) is 0. The molecule has 3 rings (SSSR count). The molecule has 1 aromatic carbocycles. The minimum Gasteiger partial charge on any atom is -0.484 e. The fourth-order valence-electron chi connectivity index (χ4n) is 2.90. The highest BCUT2D eigenvalue weighted by Gasteiger charge is 2.17. The summed E-state index contributed by atoms with van der Waals surface area (Å²) in [5, 5.41) is 9.76. The van der Waals surface area contributed by atoms with Crippen LogP contribution >= 0.6 is 0 Å². The summed E-state index contributed by atoms with van der Waals surface area (Å²) in [6.07, 6.45) is 0.843. The monoisotopic (exact) mass is 386 g/mol. The molecule has 150 valence electrons. The fraction of sp³-hybridized carbons (Fsp3) is 0.450. The zero-order chi connectivity index (χ0) is 19.9. The van der Waals surface area contributed by atoms with Crippen LogP contribution in [0.3, 0.4) is 0 Å². The lowest BCUT2D eigenvalue weighted by atomic mass is 10.1. The number of nitrogens with one attached hydrogen (secondary N) is 2. The van der Waals surface area contributed by atoms with Crippen molar-refractivity contribution in [2.75, 3.05) is 38.2 Å². The highest BCUT2D eigenvalue weighted by molar-refractivity contribution is 6.02. The molecule has 1 aliphatic heterocycles. The summed E-state index contributed by atoms with van der Waals surface area (Å²) in [6, 6.07) is 8.67. The lowest BCUT2D eigenvalue weighted by Gasteiger charge is -2.26. The molecule has 0 saturated carbocycles. The van der Waals surface area contributed by atoms with Crippen LogP contribution in [-0.4, -0.2) is 59.8 Å². The minimum atomic E-state index is -0.276. The van der Waals surface area contributed by atoms with Gasteiger partial charge in [0.05, 0.1) is 13.2 Å². The maximum Gasteiger partial charge on any atom is 0.276 e. The molecule has 1 fully saturated rings. The van der Waals surface area contributed by atoms with Gasteiger partial charge in [0.1, 0.15) is 5.75 Å². The van der Waals surface area contributed by atoms with E-state index in [1.54, 1.807) is 35.2 Å². The molecule has 0 aliphatic carbocycles. The van der Waals surface area contributed by atoms with Crippen molar-refractivity contribution in [2.45, 2.75) is 20.3 Å². The number of hydrogen-bond acceptors (Lipinski definition) is 5. The van der Waals surface area contributed by atoms with Crippen LogP contribution in [0.25, 0.3) is 0 Å². The number of benzene rings is 1. The standard InChI is InChI=1S/C20H26N4O4/c1-14(2)11-16-12-18(23-22-16)20(26)21-15-3-5-17(6-4-15)28-13-19(25)24-7-9-27-10-8-24/h3-6,12,14H,7-11,13H2,1-2H3,(H,21,26)(H,22,23). The Kier molecular flexibility index (Phi) is 6.65. The largest absolute Gasteiger partial charge is 0.484 e. The predicted octanol–water partition coefficient (Wildman–Crippen LogP) is 2.10. The van der Waals surface area contributed by atoms with Crippen molar-refractivity contribution in [1.29, 1.82) is 0 Å². The molecular weight excluding hydrogens is 360 g/mol. The molecule has 1 aromatic heterocycles. The van der Waals surface area contributed by atoms with Crippen molar-refractivity contribution in [3.63, 3.8) is 0 Å². The number of rotatable bonds is 7. The third-order valence-corrected chi connectivity index (χ3v) is 4.33. The van der Waals surface area contributed by atoms with Crippen LogP contribution in [0.5, 0.6) is 5.75 Å². The zero-order valence-corrected chi connectivity index (χ0v) is 16.2. The first-order valence-electron chi connectivity index (χ1n) is 9.45. The number of nitrogens with zero attached hydrogens (tertiary/aromatic N) is 2. The second-order valence-electron chi connectivity index (χ2n) is 7.14. The SMILES string of the molecule is CC(C)Cc1cc(C(=O)Nc2ccc(OCC(=O)N3CCOCC3)cc2)n[nH]1. The van der Waals surface area contributed by atoms with Gasteiger partial charge in [0.2, 0.25) is 0 Å². The maximum absolute atomic E-state index is 12.3. The van der Waals surface area contributed by atoms with Crippen molar-refractivity contribution in [3.8, 4) is 5.75 Å². The first kappa shape index (κ1) is 19.9. The molecule has 0 unspecified atom stereocenters. The normalized spacial score (nSPS) is 14.2. The van der Waals surface area contributed by atoms with E-state index >= 15 is 0 Å². The van der Waals surface area contributed by atoms with Crippen LogP contribution in [0.4, 0.5) is 5.69 Å². The molecule has 1 aliphatic rings. The van der Waals surface area contributed by atoms with Gasteiger partial charge in [-0.2, -0.15) is 5.10 Å². The van der Waals surface area contributed by atoms with Crippen molar-refractivity contribution >= 4 is 17.5 Å². The van der Waals surface area contributed by atoms with E-state index in [9.17, 15) is 9.59 Å². The molecule has 2 N–H and O–H groups in total. The first-order chi connectivity index (χ1) is 13.5. The van der Waals surface area contributed by atoms with E-state index in [2.05, 4.69) is 29.4 Å². The minimum absolute atomic E-state index is 0.0163. The Morgan fingerprint density at radius 1 is 1.25 bits per heavy atom. The number of anilines is 1. The topological polar surface area (TPSA) is 96.6 Å². The summed E-state index contributed by atoms with van der Waals surface area (Å²) >= 11 is 0. The summed E-state index contributed by atoms with van der Waals surface area (Å²) in [4.78, 5) is 26.1. The number of ether oxygens (including phenoxy) is 2. The van der Waals surface area contributed by atoms with Gasteiger partial charge in [0, 0.05) is 24.5 Å². The van der Waals surface area contributed by atoms with Crippen LogP contribution in [0.15, 0.2) is 30.3 Å². The summed E-state index contributed by atoms with van der Waals surface area (Å²) in [5.41, 5.74) is 1.92. The van der Waals surface area contributed by atoms with E-state index < -0.39 is 0 Å². The van der Waals surface area contributed by atoms with Gasteiger partial charge in [-0.15, -0.1) is 0 Å². The first-order valence-corrected chi connectivity index (χ1v) is 9.45. The quantitative estimate of drug-likeness (QED) is 0.760. The third kappa shape index (κ3) is 5.56. The molecule has 0 radical (unpaired) electrons. The molecule has 0 bridgehead atoms. The maximum atomic E-state index is 12.3. The second-order valence-corrected chi connectivity index (χ2v) is 7.14. The summed E-state index contributed by atoms with van der Waals surface area (Å²) in [5.74, 6) is 0.719. The van der Waals surface area contributed by atoms with E-state index in [0.29, 0.717) is 49.4 Å². The third-order valence-electron chi connectivity index (χ3n) is 4.33. The van der Waals surface area contributed by atoms with Gasteiger partial charge in [-0.25, -0.2) is 0 Å². The van der Waals surface area contributed by atoms with E-state index in [0.717, 1.165) is 12.1 Å². The highest BCUT2D eigenvalue weighted by Crippen LogP contribution is 2.17. The lowest BCUT2D eigenvalue weighted by molar-refractivity contribution is -0.137. The van der Waals surface area contributed by atoms with Gasteiger partial charge in [-0.1, -0.05) is 13.8 Å². The Morgan fingerprint density at radius 3 is 2.64 bits per heavy atom. The van der Waals surface area contributed by atoms with Crippen LogP contribution in [0.1, 0.15) is 30.0 Å². The molecule has 2 heterocycles. The van der Waals surface area contributed by atoms with Gasteiger partial charge in [0.15, 0.2) is 12.3 Å². The van der Waals surface area contributed by atoms with Crippen molar-refractivity contribution < 1.29 is 19.1 Å². The highest BCUT2D eigenvalue weighted by atomic mass is 16.5. The van der Waals surface area contributed by atoms with Crippen LogP contribution in [0, 0.1) is 5.92 Å². The van der Waals surface area contributed by atoms with Gasteiger partial charge >= 0.3 is 0 Å². The fourth-order valence-corrected chi connectivity index (χ4v) is 2.90. The Bertz CT molecular complexity index is 795. The zero-order valence-electron chi connectivity index (χ0n) is 16.2. The summed E-state index contributed by atoms with van der Waals surface area (Å²) < 4.78 is 10.8. The lowest BCUT2D eigenvalue weighted by Crippen LogP contribution is -2.42. The predicted molar refractivity (Wildman–Crippen MR) is 104 cm³/mol. The molecule has 8 heteroatoms. The average Bonchev–Trinajstić information content (AvgIpc) is 3.16. The van der Waals surface area contributed by atoms with Gasteiger partial charge in [-0.3, -0.25) is 14.7 Å². The molecular formula is C20H26N4O4. The number of carbonyl (C=O) groups is 2. The van der Waals surface area contributed by atoms with Crippen molar-refractivity contribution in [2.24, 2.45) is 5.92 Å². The number of hydrogen-bond donors (Lipinski definition) is 2. The molecule has 0 atom stereocenters. The number of amides is 2. The van der Waals surface area contributed by atoms with Crippen LogP contribution < -0.4 is 10.1 Å². The Labute approximate surface area is 164 Å². The number of aromatic nitrogens is 2. The van der Waals surface area contributed by atoms with Crippen molar-refractivity contribution in [1.82, 2.24) is 15.1 Å². The van der Waals surface area contributed by atoms with Gasteiger partial charge < -0.3 is 19.7 Å². The Hall–Kier alpha value is -2.87.